The fourth-order valence-corrected chi connectivity index (χ4v) is 1.61. The van der Waals surface area contributed by atoms with Crippen molar-refractivity contribution in [3.63, 3.8) is 0 Å². The number of amides is 1. The molecule has 1 heterocycles. The normalized spacial score (nSPS) is 11.1. The van der Waals surface area contributed by atoms with Gasteiger partial charge in [0.25, 0.3) is 10.1 Å². The Morgan fingerprint density at radius 3 is 2.85 bits per heavy atom. The zero-order valence-corrected chi connectivity index (χ0v) is 12.3. The van der Waals surface area contributed by atoms with E-state index in [1.165, 1.54) is 6.20 Å². The van der Waals surface area contributed by atoms with Crippen LogP contribution in [-0.4, -0.2) is 32.4 Å². The first-order chi connectivity index (χ1) is 9.42. The van der Waals surface area contributed by atoms with Crippen LogP contribution in [0.3, 0.4) is 0 Å². The van der Waals surface area contributed by atoms with Crippen LogP contribution in [0.15, 0.2) is 18.3 Å². The minimum Gasteiger partial charge on any atom is -0.449 e. The molecule has 0 fully saturated rings. The van der Waals surface area contributed by atoms with Crippen molar-refractivity contribution >= 4 is 21.9 Å². The largest absolute Gasteiger partial charge is 0.449 e. The van der Waals surface area contributed by atoms with Crippen LogP contribution in [0, 0.1) is 0 Å². The number of nitrogens with zero attached hydrogens (tertiary/aromatic N) is 1. The van der Waals surface area contributed by atoms with E-state index in [4.69, 9.17) is 4.74 Å². The highest BCUT2D eigenvalue weighted by molar-refractivity contribution is 7.85. The lowest BCUT2D eigenvalue weighted by Gasteiger charge is -2.10. The number of carbonyl (C=O) groups excluding carboxylic acids is 1. The number of pyridine rings is 1. The van der Waals surface area contributed by atoms with Crippen LogP contribution in [0.5, 0.6) is 0 Å². The molecule has 1 aromatic heterocycles. The first kappa shape index (κ1) is 16.4. The molecule has 1 N–H and O–H groups in total. The van der Waals surface area contributed by atoms with Gasteiger partial charge in [0.15, 0.2) is 0 Å². The van der Waals surface area contributed by atoms with Crippen molar-refractivity contribution in [1.29, 1.82) is 0 Å². The Balaban J connectivity index is 2.63. The van der Waals surface area contributed by atoms with Crippen LogP contribution in [0.4, 0.5) is 10.5 Å². The molecule has 1 aromatic rings. The predicted octanol–water partition coefficient (Wildman–Crippen LogP) is 1.91. The molecule has 0 atom stereocenters. The molecule has 7 nitrogen and oxygen atoms in total. The SMILES string of the molecule is CCCCOC(=O)Nc1cccnc1COS(C)(=O)=O. The summed E-state index contributed by atoms with van der Waals surface area (Å²) < 4.78 is 31.5. The van der Waals surface area contributed by atoms with E-state index < -0.39 is 16.2 Å². The van der Waals surface area contributed by atoms with Crippen LogP contribution < -0.4 is 5.32 Å². The number of hydrogen-bond donors (Lipinski definition) is 1. The summed E-state index contributed by atoms with van der Waals surface area (Å²) >= 11 is 0. The minimum atomic E-state index is -3.57. The molecule has 0 saturated carbocycles. The van der Waals surface area contributed by atoms with E-state index in [0.717, 1.165) is 19.1 Å². The second-order valence-electron chi connectivity index (χ2n) is 4.08. The first-order valence-corrected chi connectivity index (χ1v) is 7.96. The molecule has 0 radical (unpaired) electrons. The molecular weight excluding hydrogens is 284 g/mol. The van der Waals surface area contributed by atoms with Gasteiger partial charge in [-0.1, -0.05) is 13.3 Å². The third-order valence-electron chi connectivity index (χ3n) is 2.27. The van der Waals surface area contributed by atoms with Gasteiger partial charge in [-0.3, -0.25) is 14.5 Å². The number of carbonyl (C=O) groups is 1. The highest BCUT2D eigenvalue weighted by Gasteiger charge is 2.11. The van der Waals surface area contributed by atoms with Crippen molar-refractivity contribution in [2.45, 2.75) is 26.4 Å². The van der Waals surface area contributed by atoms with Crippen molar-refractivity contribution in [3.05, 3.63) is 24.0 Å². The smallest absolute Gasteiger partial charge is 0.411 e. The number of ether oxygens (including phenoxy) is 1. The number of anilines is 1. The van der Waals surface area contributed by atoms with E-state index in [2.05, 4.69) is 14.5 Å². The highest BCUT2D eigenvalue weighted by atomic mass is 32.2. The van der Waals surface area contributed by atoms with Gasteiger partial charge >= 0.3 is 6.09 Å². The highest BCUT2D eigenvalue weighted by Crippen LogP contribution is 2.14. The monoisotopic (exact) mass is 302 g/mol. The Morgan fingerprint density at radius 1 is 1.45 bits per heavy atom. The summed E-state index contributed by atoms with van der Waals surface area (Å²) in [5.74, 6) is 0. The summed E-state index contributed by atoms with van der Waals surface area (Å²) in [5, 5.41) is 2.51. The zero-order valence-electron chi connectivity index (χ0n) is 11.5. The lowest BCUT2D eigenvalue weighted by molar-refractivity contribution is 0.160. The van der Waals surface area contributed by atoms with Crippen LogP contribution in [-0.2, 0) is 25.6 Å². The van der Waals surface area contributed by atoms with Gasteiger partial charge in [-0.05, 0) is 18.6 Å². The Morgan fingerprint density at radius 2 is 2.20 bits per heavy atom. The lowest BCUT2D eigenvalue weighted by atomic mass is 10.3. The third kappa shape index (κ3) is 6.48. The molecule has 1 rings (SSSR count). The Bertz CT molecular complexity index is 545. The Kier molecular flexibility index (Phi) is 6.40. The first-order valence-electron chi connectivity index (χ1n) is 6.14. The summed E-state index contributed by atoms with van der Waals surface area (Å²) in [4.78, 5) is 15.5. The summed E-state index contributed by atoms with van der Waals surface area (Å²) in [6.07, 6.45) is 3.53. The number of aromatic nitrogens is 1. The molecule has 0 aromatic carbocycles. The van der Waals surface area contributed by atoms with Gasteiger partial charge in [-0.2, -0.15) is 8.42 Å². The van der Waals surface area contributed by atoms with Crippen molar-refractivity contribution in [3.8, 4) is 0 Å². The van der Waals surface area contributed by atoms with Gasteiger partial charge in [-0.15, -0.1) is 0 Å². The van der Waals surface area contributed by atoms with Crippen LogP contribution in [0.25, 0.3) is 0 Å². The van der Waals surface area contributed by atoms with Crippen molar-refractivity contribution in [2.24, 2.45) is 0 Å². The molecule has 0 aliphatic heterocycles. The molecule has 20 heavy (non-hydrogen) atoms. The van der Waals surface area contributed by atoms with Crippen LogP contribution in [0.2, 0.25) is 0 Å². The van der Waals surface area contributed by atoms with Gasteiger partial charge < -0.3 is 4.74 Å². The van der Waals surface area contributed by atoms with E-state index in [0.29, 0.717) is 18.0 Å². The third-order valence-corrected chi connectivity index (χ3v) is 2.81. The van der Waals surface area contributed by atoms with Crippen LogP contribution in [0.1, 0.15) is 25.5 Å². The molecule has 112 valence electrons. The fraction of sp³-hybridized carbons (Fsp3) is 0.500. The average molecular weight is 302 g/mol. The van der Waals surface area contributed by atoms with E-state index >= 15 is 0 Å². The molecule has 0 saturated heterocycles. The maximum atomic E-state index is 11.5. The van der Waals surface area contributed by atoms with E-state index in [9.17, 15) is 13.2 Å². The van der Waals surface area contributed by atoms with Crippen molar-refractivity contribution in [2.75, 3.05) is 18.2 Å². The van der Waals surface area contributed by atoms with Gasteiger partial charge in [0, 0.05) is 6.20 Å². The van der Waals surface area contributed by atoms with E-state index in [1.54, 1.807) is 12.1 Å². The second-order valence-corrected chi connectivity index (χ2v) is 5.72. The lowest BCUT2D eigenvalue weighted by Crippen LogP contribution is -2.16. The van der Waals surface area contributed by atoms with Crippen molar-refractivity contribution in [1.82, 2.24) is 4.98 Å². The summed E-state index contributed by atoms with van der Waals surface area (Å²) in [6, 6.07) is 3.21. The molecule has 8 heteroatoms. The van der Waals surface area contributed by atoms with Gasteiger partial charge in [0.05, 0.1) is 24.2 Å². The zero-order chi connectivity index (χ0) is 15.0. The summed E-state index contributed by atoms with van der Waals surface area (Å²) in [7, 11) is -3.57. The number of nitrogens with one attached hydrogen (secondary N) is 1. The van der Waals surface area contributed by atoms with Gasteiger partial charge in [-0.25, -0.2) is 4.79 Å². The molecular formula is C12H18N2O5S. The van der Waals surface area contributed by atoms with Crippen LogP contribution >= 0.6 is 0 Å². The molecule has 1 amide bonds. The topological polar surface area (TPSA) is 94.6 Å². The molecule has 0 aliphatic carbocycles. The quantitative estimate of drug-likeness (QED) is 0.610. The number of hydrogen-bond acceptors (Lipinski definition) is 6. The molecule has 0 unspecified atom stereocenters. The minimum absolute atomic E-state index is 0.246. The van der Waals surface area contributed by atoms with E-state index in [1.807, 2.05) is 6.92 Å². The Labute approximate surface area is 118 Å². The summed E-state index contributed by atoms with van der Waals surface area (Å²) in [6.45, 7) is 2.07. The predicted molar refractivity (Wildman–Crippen MR) is 73.7 cm³/mol. The van der Waals surface area contributed by atoms with Gasteiger partial charge in [0.2, 0.25) is 0 Å². The standard InChI is InChI=1S/C12H18N2O5S/c1-3-4-8-18-12(15)14-10-6-5-7-13-11(10)9-19-20(2,16)17/h5-7H,3-4,8-9H2,1-2H3,(H,14,15). The second kappa shape index (κ2) is 7.81. The number of rotatable bonds is 7. The molecule has 0 aliphatic rings. The van der Waals surface area contributed by atoms with Crippen molar-refractivity contribution < 1.29 is 22.1 Å². The molecule has 0 spiro atoms. The number of unbranched alkanes of at least 4 members (excludes halogenated alkanes) is 1. The molecule has 0 bridgehead atoms. The van der Waals surface area contributed by atoms with Gasteiger partial charge in [0.1, 0.15) is 6.61 Å². The maximum absolute atomic E-state index is 11.5. The maximum Gasteiger partial charge on any atom is 0.411 e. The fourth-order valence-electron chi connectivity index (χ4n) is 1.28. The van der Waals surface area contributed by atoms with E-state index in [-0.39, 0.29) is 6.61 Å². The average Bonchev–Trinajstić information content (AvgIpc) is 2.37. The summed E-state index contributed by atoms with van der Waals surface area (Å²) in [5.41, 5.74) is 0.669. The Hall–Kier alpha value is -1.67.